The van der Waals surface area contributed by atoms with E-state index in [1.807, 2.05) is 0 Å². The third-order valence-electron chi connectivity index (χ3n) is 5.53. The van der Waals surface area contributed by atoms with Crippen LogP contribution in [0.2, 0.25) is 0 Å². The molecule has 1 unspecified atom stereocenters. The van der Waals surface area contributed by atoms with Crippen molar-refractivity contribution in [2.24, 2.45) is 5.41 Å². The Kier molecular flexibility index (Phi) is 8.92. The molecule has 3 N–H and O–H groups in total. The number of aromatic hydroxyl groups is 1. The monoisotopic (exact) mass is 448 g/mol. The molecule has 0 radical (unpaired) electrons. The van der Waals surface area contributed by atoms with Gasteiger partial charge < -0.3 is 25.2 Å². The minimum absolute atomic E-state index is 0.0563. The number of hydrogen-bond donors (Lipinski definition) is 3. The predicted molar refractivity (Wildman–Crippen MR) is 120 cm³/mol. The van der Waals surface area contributed by atoms with E-state index in [4.69, 9.17) is 9.47 Å². The van der Waals surface area contributed by atoms with Gasteiger partial charge in [-0.25, -0.2) is 4.79 Å². The number of ether oxygens (including phenoxy) is 2. The number of phenols is 1. The van der Waals surface area contributed by atoms with E-state index in [0.29, 0.717) is 18.7 Å². The summed E-state index contributed by atoms with van der Waals surface area (Å²) in [7, 11) is 0. The van der Waals surface area contributed by atoms with Crippen molar-refractivity contribution in [3.63, 3.8) is 0 Å². The van der Waals surface area contributed by atoms with Crippen LogP contribution in [-0.4, -0.2) is 41.8 Å². The van der Waals surface area contributed by atoms with Gasteiger partial charge in [-0.3, -0.25) is 9.59 Å². The van der Waals surface area contributed by atoms with Crippen LogP contribution in [-0.2, 0) is 19.1 Å². The number of amides is 2. The first-order valence-corrected chi connectivity index (χ1v) is 11.3. The first-order chi connectivity index (χ1) is 15.0. The number of hydrogen-bond acceptors (Lipinski definition) is 6. The van der Waals surface area contributed by atoms with Crippen molar-refractivity contribution in [3.05, 3.63) is 29.8 Å². The van der Waals surface area contributed by atoms with E-state index in [0.717, 1.165) is 32.1 Å². The molecule has 1 aliphatic carbocycles. The highest BCUT2D eigenvalue weighted by Crippen LogP contribution is 2.39. The fourth-order valence-corrected chi connectivity index (χ4v) is 4.01. The highest BCUT2D eigenvalue weighted by Gasteiger charge is 2.36. The van der Waals surface area contributed by atoms with E-state index in [2.05, 4.69) is 10.6 Å². The summed E-state index contributed by atoms with van der Waals surface area (Å²) in [6.45, 7) is 7.64. The van der Waals surface area contributed by atoms with Crippen LogP contribution in [0.1, 0.15) is 77.8 Å². The average molecular weight is 449 g/mol. The molecule has 32 heavy (non-hydrogen) atoms. The van der Waals surface area contributed by atoms with Gasteiger partial charge in [0.2, 0.25) is 5.91 Å². The van der Waals surface area contributed by atoms with E-state index in [1.54, 1.807) is 39.8 Å². The van der Waals surface area contributed by atoms with Gasteiger partial charge in [0.25, 0.3) is 0 Å². The summed E-state index contributed by atoms with van der Waals surface area (Å²) in [5.41, 5.74) is -0.563. The molecule has 0 saturated heterocycles. The molecule has 8 heteroatoms. The molecule has 1 saturated carbocycles. The van der Waals surface area contributed by atoms with Crippen LogP contribution in [0.5, 0.6) is 5.75 Å². The second kappa shape index (κ2) is 11.2. The molecule has 2 amide bonds. The molecule has 1 atom stereocenters. The van der Waals surface area contributed by atoms with E-state index < -0.39 is 23.6 Å². The molecule has 0 spiro atoms. The summed E-state index contributed by atoms with van der Waals surface area (Å²) in [6, 6.07) is 5.05. The molecule has 0 bridgehead atoms. The van der Waals surface area contributed by atoms with Crippen molar-refractivity contribution < 1.29 is 29.0 Å². The maximum Gasteiger partial charge on any atom is 0.408 e. The maximum absolute atomic E-state index is 13.2. The zero-order valence-electron chi connectivity index (χ0n) is 19.5. The molecule has 0 aliphatic heterocycles. The van der Waals surface area contributed by atoms with Crippen LogP contribution in [0.3, 0.4) is 0 Å². The van der Waals surface area contributed by atoms with Crippen LogP contribution in [0, 0.1) is 5.41 Å². The third-order valence-corrected chi connectivity index (χ3v) is 5.53. The summed E-state index contributed by atoms with van der Waals surface area (Å²) in [5, 5.41) is 15.2. The van der Waals surface area contributed by atoms with Crippen molar-refractivity contribution in [1.29, 1.82) is 0 Å². The van der Waals surface area contributed by atoms with Gasteiger partial charge in [0, 0.05) is 6.54 Å². The lowest BCUT2D eigenvalue weighted by Gasteiger charge is -2.37. The Balaban J connectivity index is 2.15. The summed E-state index contributed by atoms with van der Waals surface area (Å²) in [6.07, 6.45) is 4.29. The molecule has 178 valence electrons. The lowest BCUT2D eigenvalue weighted by molar-refractivity contribution is -0.146. The summed E-state index contributed by atoms with van der Waals surface area (Å²) >= 11 is 0. The second-order valence-electron chi connectivity index (χ2n) is 9.43. The molecule has 2 rings (SSSR count). The Bertz CT molecular complexity index is 779. The number of esters is 1. The second-order valence-corrected chi connectivity index (χ2v) is 9.43. The number of phenolic OH excluding ortho intramolecular Hbond substituents is 1. The Labute approximate surface area is 190 Å². The summed E-state index contributed by atoms with van der Waals surface area (Å²) < 4.78 is 10.5. The smallest absolute Gasteiger partial charge is 0.408 e. The fraction of sp³-hybridized carbons (Fsp3) is 0.625. The largest absolute Gasteiger partial charge is 0.508 e. The van der Waals surface area contributed by atoms with E-state index >= 15 is 0 Å². The number of nitrogens with one attached hydrogen (secondary N) is 2. The highest BCUT2D eigenvalue weighted by molar-refractivity contribution is 5.87. The van der Waals surface area contributed by atoms with Crippen molar-refractivity contribution >= 4 is 18.0 Å². The summed E-state index contributed by atoms with van der Waals surface area (Å²) in [5.74, 6) is -0.609. The van der Waals surface area contributed by atoms with Crippen molar-refractivity contribution in [3.8, 4) is 5.75 Å². The quantitative estimate of drug-likeness (QED) is 0.519. The summed E-state index contributed by atoms with van der Waals surface area (Å²) in [4.78, 5) is 37.7. The Morgan fingerprint density at radius 3 is 2.28 bits per heavy atom. The van der Waals surface area contributed by atoms with Gasteiger partial charge in [-0.1, -0.05) is 31.4 Å². The standard InChI is InChI=1S/C24H36N2O6/c1-5-31-19(28)15-24(13-7-6-8-14-24)16-25-21(29)20(17-9-11-18(27)12-10-17)26-22(30)32-23(2,3)4/h9-12,20,27H,5-8,13-16H2,1-4H3,(H,25,29)(H,26,30). The number of carbonyl (C=O) groups is 3. The first kappa shape index (κ1) is 25.5. The molecule has 1 aromatic carbocycles. The molecular weight excluding hydrogens is 412 g/mol. The van der Waals surface area contributed by atoms with Gasteiger partial charge in [-0.2, -0.15) is 0 Å². The highest BCUT2D eigenvalue weighted by atomic mass is 16.6. The van der Waals surface area contributed by atoms with E-state index in [-0.39, 0.29) is 23.6 Å². The number of alkyl carbamates (subject to hydrolysis) is 1. The molecule has 1 aromatic rings. The van der Waals surface area contributed by atoms with Gasteiger partial charge in [0.05, 0.1) is 13.0 Å². The Morgan fingerprint density at radius 2 is 1.72 bits per heavy atom. The van der Waals surface area contributed by atoms with E-state index in [1.165, 1.54) is 12.1 Å². The number of rotatable bonds is 8. The van der Waals surface area contributed by atoms with Crippen LogP contribution in [0.4, 0.5) is 4.79 Å². The van der Waals surface area contributed by atoms with Crippen molar-refractivity contribution in [1.82, 2.24) is 10.6 Å². The zero-order chi connectivity index (χ0) is 23.8. The van der Waals surface area contributed by atoms with Crippen LogP contribution >= 0.6 is 0 Å². The topological polar surface area (TPSA) is 114 Å². The number of carbonyl (C=O) groups excluding carboxylic acids is 3. The van der Waals surface area contributed by atoms with Crippen LogP contribution in [0.25, 0.3) is 0 Å². The normalized spacial score (nSPS) is 16.5. The van der Waals surface area contributed by atoms with Gasteiger partial charge in [-0.15, -0.1) is 0 Å². The van der Waals surface area contributed by atoms with Crippen LogP contribution in [0.15, 0.2) is 24.3 Å². The van der Waals surface area contributed by atoms with Gasteiger partial charge in [0.15, 0.2) is 0 Å². The molecular formula is C24H36N2O6. The number of benzene rings is 1. The minimum atomic E-state index is -1.01. The minimum Gasteiger partial charge on any atom is -0.508 e. The Morgan fingerprint density at radius 1 is 1.09 bits per heavy atom. The zero-order valence-corrected chi connectivity index (χ0v) is 19.5. The predicted octanol–water partition coefficient (Wildman–Crippen LogP) is 3.98. The van der Waals surface area contributed by atoms with Crippen molar-refractivity contribution in [2.45, 2.75) is 77.9 Å². The molecule has 1 aliphatic rings. The molecule has 8 nitrogen and oxygen atoms in total. The maximum atomic E-state index is 13.2. The van der Waals surface area contributed by atoms with Crippen molar-refractivity contribution in [2.75, 3.05) is 13.2 Å². The Hall–Kier alpha value is -2.77. The van der Waals surface area contributed by atoms with E-state index in [9.17, 15) is 19.5 Å². The van der Waals surface area contributed by atoms with Gasteiger partial charge in [0.1, 0.15) is 17.4 Å². The fourth-order valence-electron chi connectivity index (χ4n) is 4.01. The average Bonchev–Trinajstić information content (AvgIpc) is 2.70. The lowest BCUT2D eigenvalue weighted by atomic mass is 9.71. The third kappa shape index (κ3) is 8.05. The lowest BCUT2D eigenvalue weighted by Crippen LogP contribution is -2.46. The molecule has 1 fully saturated rings. The SMILES string of the molecule is CCOC(=O)CC1(CNC(=O)C(NC(=O)OC(C)(C)C)c2ccc(O)cc2)CCCCC1. The molecule has 0 heterocycles. The molecule has 0 aromatic heterocycles. The first-order valence-electron chi connectivity index (χ1n) is 11.3. The van der Waals surface area contributed by atoms with Crippen LogP contribution < -0.4 is 10.6 Å². The van der Waals surface area contributed by atoms with Gasteiger partial charge in [-0.05, 0) is 63.6 Å². The van der Waals surface area contributed by atoms with Gasteiger partial charge >= 0.3 is 12.1 Å².